The highest BCUT2D eigenvalue weighted by atomic mass is 35.5. The number of nitrogens with one attached hydrogen (secondary N) is 1. The van der Waals surface area contributed by atoms with Crippen LogP contribution in [0, 0.1) is 0 Å². The van der Waals surface area contributed by atoms with Gasteiger partial charge >= 0.3 is 5.97 Å². The minimum absolute atomic E-state index is 0.0655. The molecular formula is C12H9Cl2NO4. The summed E-state index contributed by atoms with van der Waals surface area (Å²) in [7, 11) is 0. The van der Waals surface area contributed by atoms with Crippen LogP contribution in [-0.2, 0) is 14.3 Å². The molecule has 0 aliphatic carbocycles. The van der Waals surface area contributed by atoms with E-state index in [9.17, 15) is 9.59 Å². The first-order valence-electron chi connectivity index (χ1n) is 5.26. The summed E-state index contributed by atoms with van der Waals surface area (Å²) >= 11 is 11.6. The molecule has 0 radical (unpaired) electrons. The van der Waals surface area contributed by atoms with Crippen LogP contribution < -0.4 is 5.32 Å². The lowest BCUT2D eigenvalue weighted by atomic mass is 10.0. The van der Waals surface area contributed by atoms with Crippen molar-refractivity contribution in [2.75, 3.05) is 11.9 Å². The fraction of sp³-hybridized carbons (Fsp3) is 0.167. The van der Waals surface area contributed by atoms with Gasteiger partial charge in [-0.1, -0.05) is 29.3 Å². The second kappa shape index (κ2) is 5.21. The first-order chi connectivity index (χ1) is 8.94. The summed E-state index contributed by atoms with van der Waals surface area (Å²) in [5, 5.41) is 12.2. The van der Waals surface area contributed by atoms with Gasteiger partial charge in [-0.2, -0.15) is 0 Å². The van der Waals surface area contributed by atoms with E-state index in [-0.39, 0.29) is 6.61 Å². The SMILES string of the molecule is O=C(O)C1(C(=O)Nc2cc(Cl)cc(Cl)c2)C=CCO1. The number of carboxylic acid groups (broad SMARTS) is 1. The number of halogens is 2. The molecule has 2 rings (SSSR count). The van der Waals surface area contributed by atoms with Gasteiger partial charge in [-0.25, -0.2) is 4.79 Å². The number of hydrogen-bond donors (Lipinski definition) is 2. The molecule has 0 bridgehead atoms. The van der Waals surface area contributed by atoms with Crippen molar-refractivity contribution in [3.8, 4) is 0 Å². The molecule has 1 unspecified atom stereocenters. The van der Waals surface area contributed by atoms with Crippen LogP contribution in [0.25, 0.3) is 0 Å². The van der Waals surface area contributed by atoms with Crippen LogP contribution in [0.15, 0.2) is 30.4 Å². The van der Waals surface area contributed by atoms with Crippen molar-refractivity contribution in [1.29, 1.82) is 0 Å². The Balaban J connectivity index is 2.25. The summed E-state index contributed by atoms with van der Waals surface area (Å²) in [5.41, 5.74) is -1.71. The highest BCUT2D eigenvalue weighted by Gasteiger charge is 2.47. The molecule has 19 heavy (non-hydrogen) atoms. The smallest absolute Gasteiger partial charge is 0.350 e. The third-order valence-electron chi connectivity index (χ3n) is 2.54. The van der Waals surface area contributed by atoms with E-state index < -0.39 is 17.5 Å². The number of carbonyl (C=O) groups excluding carboxylic acids is 1. The average Bonchev–Trinajstić information content (AvgIpc) is 2.77. The topological polar surface area (TPSA) is 75.6 Å². The lowest BCUT2D eigenvalue weighted by Crippen LogP contribution is -2.48. The van der Waals surface area contributed by atoms with E-state index in [1.54, 1.807) is 0 Å². The van der Waals surface area contributed by atoms with Crippen molar-refractivity contribution in [2.24, 2.45) is 0 Å². The molecule has 1 aromatic carbocycles. The third-order valence-corrected chi connectivity index (χ3v) is 2.97. The third kappa shape index (κ3) is 2.73. The molecular weight excluding hydrogens is 293 g/mol. The van der Waals surface area contributed by atoms with Crippen molar-refractivity contribution in [1.82, 2.24) is 0 Å². The Morgan fingerprint density at radius 3 is 2.37 bits per heavy atom. The quantitative estimate of drug-likeness (QED) is 0.664. The van der Waals surface area contributed by atoms with E-state index in [0.29, 0.717) is 15.7 Å². The van der Waals surface area contributed by atoms with Crippen LogP contribution in [0.2, 0.25) is 10.0 Å². The summed E-state index contributed by atoms with van der Waals surface area (Å²) in [5.74, 6) is -2.20. The zero-order chi connectivity index (χ0) is 14.0. The van der Waals surface area contributed by atoms with Crippen molar-refractivity contribution in [2.45, 2.75) is 5.60 Å². The molecule has 0 fully saturated rings. The van der Waals surface area contributed by atoms with Gasteiger partial charge < -0.3 is 15.2 Å². The monoisotopic (exact) mass is 301 g/mol. The number of carbonyl (C=O) groups is 2. The lowest BCUT2D eigenvalue weighted by molar-refractivity contribution is -0.161. The number of benzene rings is 1. The van der Waals surface area contributed by atoms with Crippen molar-refractivity contribution in [3.63, 3.8) is 0 Å². The molecule has 1 aliphatic heterocycles. The van der Waals surface area contributed by atoms with E-state index >= 15 is 0 Å². The Bertz CT molecular complexity index is 553. The standard InChI is InChI=1S/C12H9Cl2NO4/c13-7-4-8(14)6-9(5-7)15-10(16)12(11(17)18)2-1-3-19-12/h1-2,4-6H,3H2,(H,15,16)(H,17,18). The maximum absolute atomic E-state index is 12.0. The first-order valence-corrected chi connectivity index (χ1v) is 6.02. The van der Waals surface area contributed by atoms with Gasteiger partial charge in [-0.05, 0) is 24.3 Å². The molecule has 0 saturated carbocycles. The normalized spacial score (nSPS) is 21.4. The molecule has 0 aromatic heterocycles. The zero-order valence-electron chi connectivity index (χ0n) is 9.52. The largest absolute Gasteiger partial charge is 0.478 e. The maximum atomic E-state index is 12.0. The first kappa shape index (κ1) is 13.9. The Kier molecular flexibility index (Phi) is 3.80. The number of anilines is 1. The molecule has 5 nitrogen and oxygen atoms in total. The van der Waals surface area contributed by atoms with Crippen molar-refractivity contribution >= 4 is 40.8 Å². The van der Waals surface area contributed by atoms with Gasteiger partial charge in [0.1, 0.15) is 0 Å². The van der Waals surface area contributed by atoms with Gasteiger partial charge in [-0.3, -0.25) is 4.79 Å². The Morgan fingerprint density at radius 1 is 1.26 bits per heavy atom. The molecule has 1 aromatic rings. The Morgan fingerprint density at radius 2 is 1.89 bits per heavy atom. The van der Waals surface area contributed by atoms with E-state index in [2.05, 4.69) is 5.32 Å². The van der Waals surface area contributed by atoms with Crippen LogP contribution in [0.1, 0.15) is 0 Å². The number of rotatable bonds is 3. The van der Waals surface area contributed by atoms with Crippen LogP contribution in [0.4, 0.5) is 5.69 Å². The van der Waals surface area contributed by atoms with Crippen molar-refractivity contribution in [3.05, 3.63) is 40.4 Å². The lowest BCUT2D eigenvalue weighted by Gasteiger charge is -2.21. The minimum atomic E-state index is -2.01. The molecule has 0 spiro atoms. The van der Waals surface area contributed by atoms with Gasteiger partial charge in [0, 0.05) is 15.7 Å². The van der Waals surface area contributed by atoms with E-state index in [0.717, 1.165) is 0 Å². The molecule has 2 N–H and O–H groups in total. The molecule has 0 saturated heterocycles. The average molecular weight is 302 g/mol. The van der Waals surface area contributed by atoms with Gasteiger partial charge in [0.2, 0.25) is 0 Å². The number of hydrogen-bond acceptors (Lipinski definition) is 3. The molecule has 1 amide bonds. The highest BCUT2D eigenvalue weighted by Crippen LogP contribution is 2.26. The summed E-state index contributed by atoms with van der Waals surface area (Å²) in [6.07, 6.45) is 2.68. The molecule has 100 valence electrons. The Hall–Kier alpha value is -1.56. The predicted octanol–water partition coefficient (Wildman–Crippen LogP) is 2.34. The summed E-state index contributed by atoms with van der Waals surface area (Å²) in [6, 6.07) is 4.41. The molecule has 1 aliphatic rings. The zero-order valence-corrected chi connectivity index (χ0v) is 11.0. The van der Waals surface area contributed by atoms with Crippen LogP contribution in [0.5, 0.6) is 0 Å². The van der Waals surface area contributed by atoms with Gasteiger partial charge in [0.25, 0.3) is 11.5 Å². The fourth-order valence-electron chi connectivity index (χ4n) is 1.66. The second-order valence-corrected chi connectivity index (χ2v) is 4.74. The van der Waals surface area contributed by atoms with E-state index in [1.807, 2.05) is 0 Å². The van der Waals surface area contributed by atoms with Crippen LogP contribution in [-0.4, -0.2) is 29.2 Å². The number of aliphatic carboxylic acids is 1. The van der Waals surface area contributed by atoms with Crippen LogP contribution in [0.3, 0.4) is 0 Å². The number of ether oxygens (including phenoxy) is 1. The Labute approximate surface area is 118 Å². The van der Waals surface area contributed by atoms with E-state index in [1.165, 1.54) is 30.4 Å². The fourth-order valence-corrected chi connectivity index (χ4v) is 2.19. The maximum Gasteiger partial charge on any atom is 0.350 e. The molecule has 1 atom stereocenters. The van der Waals surface area contributed by atoms with Gasteiger partial charge in [0.05, 0.1) is 6.61 Å². The summed E-state index contributed by atoms with van der Waals surface area (Å²) in [6.45, 7) is 0.0655. The second-order valence-electron chi connectivity index (χ2n) is 3.87. The predicted molar refractivity (Wildman–Crippen MR) is 70.6 cm³/mol. The minimum Gasteiger partial charge on any atom is -0.478 e. The van der Waals surface area contributed by atoms with Gasteiger partial charge in [0.15, 0.2) is 0 Å². The highest BCUT2D eigenvalue weighted by molar-refractivity contribution is 6.35. The number of carboxylic acids is 1. The van der Waals surface area contributed by atoms with Crippen LogP contribution >= 0.6 is 23.2 Å². The van der Waals surface area contributed by atoms with Gasteiger partial charge in [-0.15, -0.1) is 0 Å². The van der Waals surface area contributed by atoms with E-state index in [4.69, 9.17) is 33.0 Å². The van der Waals surface area contributed by atoms with Crippen molar-refractivity contribution < 1.29 is 19.4 Å². The summed E-state index contributed by atoms with van der Waals surface area (Å²) < 4.78 is 5.01. The summed E-state index contributed by atoms with van der Waals surface area (Å²) in [4.78, 5) is 23.2. The number of amides is 1. The molecule has 1 heterocycles. The molecule has 7 heteroatoms.